The number of carbonyl (C=O) groups is 1. The first-order valence-corrected chi connectivity index (χ1v) is 7.84. The molecule has 1 heterocycles. The summed E-state index contributed by atoms with van der Waals surface area (Å²) in [5, 5.41) is 11.9. The quantitative estimate of drug-likeness (QED) is 0.863. The van der Waals surface area contributed by atoms with Crippen molar-refractivity contribution in [3.8, 4) is 0 Å². The fourth-order valence-electron chi connectivity index (χ4n) is 2.00. The standard InChI is InChI=1S/C15H20N4OS/c1-10(2)14-17-18-15(19(14)4)21-9-13(20)16-12-7-5-6-11(3)8-12/h5-8,10H,9H2,1-4H3,(H,16,20). The maximum Gasteiger partial charge on any atom is 0.234 e. The van der Waals surface area contributed by atoms with Gasteiger partial charge in [0.1, 0.15) is 5.82 Å². The zero-order valence-corrected chi connectivity index (χ0v) is 13.6. The van der Waals surface area contributed by atoms with Crippen LogP contribution in [0.5, 0.6) is 0 Å². The Balaban J connectivity index is 1.92. The molecule has 1 amide bonds. The molecule has 0 saturated heterocycles. The van der Waals surface area contributed by atoms with Gasteiger partial charge in [-0.1, -0.05) is 37.7 Å². The highest BCUT2D eigenvalue weighted by Gasteiger charge is 2.13. The van der Waals surface area contributed by atoms with Gasteiger partial charge in [0.05, 0.1) is 5.75 Å². The molecule has 112 valence electrons. The maximum absolute atomic E-state index is 12.0. The lowest BCUT2D eigenvalue weighted by atomic mass is 10.2. The third-order valence-corrected chi connectivity index (χ3v) is 4.04. The minimum Gasteiger partial charge on any atom is -0.325 e. The number of rotatable bonds is 5. The highest BCUT2D eigenvalue weighted by Crippen LogP contribution is 2.20. The minimum atomic E-state index is -0.0419. The normalized spacial score (nSPS) is 10.9. The Bertz CT molecular complexity index is 636. The van der Waals surface area contributed by atoms with Crippen molar-refractivity contribution in [2.75, 3.05) is 11.1 Å². The second-order valence-corrected chi connectivity index (χ2v) is 6.20. The van der Waals surface area contributed by atoms with E-state index in [1.807, 2.05) is 42.8 Å². The number of nitrogens with zero attached hydrogens (tertiary/aromatic N) is 3. The number of hydrogen-bond acceptors (Lipinski definition) is 4. The molecule has 1 aromatic heterocycles. The van der Waals surface area contributed by atoms with E-state index in [2.05, 4.69) is 29.4 Å². The van der Waals surface area contributed by atoms with E-state index in [1.54, 1.807) is 0 Å². The smallest absolute Gasteiger partial charge is 0.234 e. The second-order valence-electron chi connectivity index (χ2n) is 5.26. The van der Waals surface area contributed by atoms with Crippen molar-refractivity contribution < 1.29 is 4.79 Å². The minimum absolute atomic E-state index is 0.0419. The molecule has 0 spiro atoms. The summed E-state index contributed by atoms with van der Waals surface area (Å²) in [5.74, 6) is 1.52. The Morgan fingerprint density at radius 3 is 2.76 bits per heavy atom. The molecule has 0 aliphatic heterocycles. The van der Waals surface area contributed by atoms with E-state index in [9.17, 15) is 4.79 Å². The fraction of sp³-hybridized carbons (Fsp3) is 0.400. The monoisotopic (exact) mass is 304 g/mol. The number of carbonyl (C=O) groups excluding carboxylic acids is 1. The predicted octanol–water partition coefficient (Wildman–Crippen LogP) is 2.98. The summed E-state index contributed by atoms with van der Waals surface area (Å²) in [4.78, 5) is 12.0. The van der Waals surface area contributed by atoms with Gasteiger partial charge >= 0.3 is 0 Å². The molecule has 5 nitrogen and oxygen atoms in total. The van der Waals surface area contributed by atoms with Crippen LogP contribution in [-0.4, -0.2) is 26.4 Å². The average molecular weight is 304 g/mol. The van der Waals surface area contributed by atoms with Crippen LogP contribution in [-0.2, 0) is 11.8 Å². The number of hydrogen-bond donors (Lipinski definition) is 1. The van der Waals surface area contributed by atoms with Crippen molar-refractivity contribution in [3.05, 3.63) is 35.7 Å². The molecule has 0 radical (unpaired) electrons. The fourth-order valence-corrected chi connectivity index (χ4v) is 2.72. The lowest BCUT2D eigenvalue weighted by molar-refractivity contribution is -0.113. The molecule has 0 aliphatic carbocycles. The Kier molecular flexibility index (Phi) is 5.01. The highest BCUT2D eigenvalue weighted by molar-refractivity contribution is 7.99. The van der Waals surface area contributed by atoms with Gasteiger partial charge in [0.15, 0.2) is 5.16 Å². The van der Waals surface area contributed by atoms with Crippen LogP contribution < -0.4 is 5.32 Å². The van der Waals surface area contributed by atoms with Gasteiger partial charge in [-0.2, -0.15) is 0 Å². The maximum atomic E-state index is 12.0. The van der Waals surface area contributed by atoms with Gasteiger partial charge in [0, 0.05) is 18.7 Å². The van der Waals surface area contributed by atoms with E-state index < -0.39 is 0 Å². The van der Waals surface area contributed by atoms with Crippen molar-refractivity contribution >= 4 is 23.4 Å². The average Bonchev–Trinajstić information content (AvgIpc) is 2.78. The van der Waals surface area contributed by atoms with Crippen molar-refractivity contribution in [1.82, 2.24) is 14.8 Å². The van der Waals surface area contributed by atoms with E-state index in [0.717, 1.165) is 22.2 Å². The third kappa shape index (κ3) is 4.07. The molecule has 0 bridgehead atoms. The summed E-state index contributed by atoms with van der Waals surface area (Å²) >= 11 is 1.39. The Morgan fingerprint density at radius 2 is 2.14 bits per heavy atom. The van der Waals surface area contributed by atoms with Crippen molar-refractivity contribution in [2.24, 2.45) is 7.05 Å². The van der Waals surface area contributed by atoms with Crippen LogP contribution in [0, 0.1) is 6.92 Å². The first kappa shape index (κ1) is 15.6. The van der Waals surface area contributed by atoms with Gasteiger partial charge in [-0.05, 0) is 24.6 Å². The van der Waals surface area contributed by atoms with Crippen molar-refractivity contribution in [2.45, 2.75) is 31.8 Å². The van der Waals surface area contributed by atoms with Gasteiger partial charge in [0.25, 0.3) is 0 Å². The van der Waals surface area contributed by atoms with E-state index in [-0.39, 0.29) is 5.91 Å². The van der Waals surface area contributed by atoms with Gasteiger partial charge < -0.3 is 9.88 Å². The van der Waals surface area contributed by atoms with Crippen LogP contribution >= 0.6 is 11.8 Å². The summed E-state index contributed by atoms with van der Waals surface area (Å²) in [7, 11) is 1.93. The van der Waals surface area contributed by atoms with Gasteiger partial charge in [-0.15, -0.1) is 10.2 Å². The molecular weight excluding hydrogens is 284 g/mol. The van der Waals surface area contributed by atoms with E-state index in [0.29, 0.717) is 11.7 Å². The molecule has 0 unspecified atom stereocenters. The zero-order valence-electron chi connectivity index (χ0n) is 12.8. The molecule has 2 rings (SSSR count). The van der Waals surface area contributed by atoms with Gasteiger partial charge in [-0.25, -0.2) is 0 Å². The van der Waals surface area contributed by atoms with Gasteiger partial charge in [-0.3, -0.25) is 4.79 Å². The number of benzene rings is 1. The molecule has 0 fully saturated rings. The number of aryl methyl sites for hydroxylation is 1. The summed E-state index contributed by atoms with van der Waals surface area (Å²) < 4.78 is 1.94. The van der Waals surface area contributed by atoms with Crippen LogP contribution in [0.1, 0.15) is 31.2 Å². The van der Waals surface area contributed by atoms with Crippen LogP contribution in [0.3, 0.4) is 0 Å². The zero-order chi connectivity index (χ0) is 15.4. The molecule has 0 aliphatic rings. The number of anilines is 1. The SMILES string of the molecule is Cc1cccc(NC(=O)CSc2nnc(C(C)C)n2C)c1. The number of thioether (sulfide) groups is 1. The largest absolute Gasteiger partial charge is 0.325 e. The number of aromatic nitrogens is 3. The van der Waals surface area contributed by atoms with Crippen LogP contribution in [0.15, 0.2) is 29.4 Å². The second kappa shape index (κ2) is 6.76. The van der Waals surface area contributed by atoms with Crippen molar-refractivity contribution in [1.29, 1.82) is 0 Å². The van der Waals surface area contributed by atoms with Gasteiger partial charge in [0.2, 0.25) is 5.91 Å². The molecule has 2 aromatic rings. The molecule has 1 aromatic carbocycles. The molecule has 21 heavy (non-hydrogen) atoms. The molecule has 6 heteroatoms. The molecule has 0 saturated carbocycles. The lowest BCUT2D eigenvalue weighted by Gasteiger charge is -2.07. The van der Waals surface area contributed by atoms with E-state index in [1.165, 1.54) is 11.8 Å². The summed E-state index contributed by atoms with van der Waals surface area (Å²) in [6.07, 6.45) is 0. The topological polar surface area (TPSA) is 59.8 Å². The Labute approximate surface area is 129 Å². The van der Waals surface area contributed by atoms with Crippen molar-refractivity contribution in [3.63, 3.8) is 0 Å². The molecule has 0 atom stereocenters. The highest BCUT2D eigenvalue weighted by atomic mass is 32.2. The lowest BCUT2D eigenvalue weighted by Crippen LogP contribution is -2.14. The van der Waals surface area contributed by atoms with Crippen LogP contribution in [0.2, 0.25) is 0 Å². The first-order valence-electron chi connectivity index (χ1n) is 6.86. The molecule has 1 N–H and O–H groups in total. The van der Waals surface area contributed by atoms with Crippen LogP contribution in [0.25, 0.3) is 0 Å². The third-order valence-electron chi connectivity index (χ3n) is 3.02. The first-order chi connectivity index (χ1) is 9.97. The Hall–Kier alpha value is -1.82. The van der Waals surface area contributed by atoms with E-state index >= 15 is 0 Å². The number of nitrogens with one attached hydrogen (secondary N) is 1. The molecular formula is C15H20N4OS. The summed E-state index contributed by atoms with van der Waals surface area (Å²) in [5.41, 5.74) is 1.94. The summed E-state index contributed by atoms with van der Waals surface area (Å²) in [6.45, 7) is 6.14. The number of amides is 1. The van der Waals surface area contributed by atoms with E-state index in [4.69, 9.17) is 0 Å². The Morgan fingerprint density at radius 1 is 1.38 bits per heavy atom. The summed E-state index contributed by atoms with van der Waals surface area (Å²) in [6, 6.07) is 7.75. The van der Waals surface area contributed by atoms with Crippen LogP contribution in [0.4, 0.5) is 5.69 Å². The predicted molar refractivity (Wildman–Crippen MR) is 85.6 cm³/mol.